The Bertz CT molecular complexity index is 2490. The van der Waals surface area contributed by atoms with Crippen LogP contribution in [0.3, 0.4) is 0 Å². The molecule has 5 amide bonds. The van der Waals surface area contributed by atoms with E-state index in [0.29, 0.717) is 51.3 Å². The zero-order valence-electron chi connectivity index (χ0n) is 35.5. The number of rotatable bonds is 7. The van der Waals surface area contributed by atoms with Crippen molar-refractivity contribution in [2.24, 2.45) is 22.7 Å². The van der Waals surface area contributed by atoms with Gasteiger partial charge in [-0.05, 0) is 99.5 Å². The number of aromatic nitrogens is 1. The number of nitrogens with one attached hydrogen (secondary N) is 1. The molecule has 9 rings (SSSR count). The first-order chi connectivity index (χ1) is 29.6. The first-order valence-corrected chi connectivity index (χ1v) is 22.0. The Morgan fingerprint density at radius 3 is 2.26 bits per heavy atom. The molecule has 1 aliphatic carbocycles. The van der Waals surface area contributed by atoms with Gasteiger partial charge in [0.2, 0.25) is 17.5 Å². The summed E-state index contributed by atoms with van der Waals surface area (Å²) in [5, 5.41) is 2.60. The van der Waals surface area contributed by atoms with Gasteiger partial charge < -0.3 is 19.4 Å². The van der Waals surface area contributed by atoms with Gasteiger partial charge in [-0.15, -0.1) is 0 Å². The third kappa shape index (κ3) is 7.29. The van der Waals surface area contributed by atoms with Gasteiger partial charge in [0.1, 0.15) is 23.6 Å². The summed E-state index contributed by atoms with van der Waals surface area (Å²) < 4.78 is 6.48. The molecule has 6 aliphatic rings. The van der Waals surface area contributed by atoms with Crippen LogP contribution in [0.15, 0.2) is 48.5 Å². The normalized spacial score (nSPS) is 24.8. The van der Waals surface area contributed by atoms with Crippen molar-refractivity contribution in [1.82, 2.24) is 25.0 Å². The van der Waals surface area contributed by atoms with Gasteiger partial charge in [0.05, 0.1) is 40.5 Å². The maximum absolute atomic E-state index is 13.8. The summed E-state index contributed by atoms with van der Waals surface area (Å²) in [6.07, 6.45) is 4.07. The van der Waals surface area contributed by atoms with E-state index in [4.69, 9.17) is 27.9 Å². The Morgan fingerprint density at radius 2 is 1.56 bits per heavy atom. The fraction of sp³-hybridized carbons (Fsp3) is 0.479. The van der Waals surface area contributed by atoms with Crippen molar-refractivity contribution >= 4 is 52.5 Å². The van der Waals surface area contributed by atoms with Crippen LogP contribution in [0.25, 0.3) is 4.85 Å². The van der Waals surface area contributed by atoms with Crippen molar-refractivity contribution < 1.29 is 28.7 Å². The van der Waals surface area contributed by atoms with Crippen LogP contribution in [0.4, 0.5) is 11.4 Å². The molecule has 1 saturated carbocycles. The van der Waals surface area contributed by atoms with Crippen molar-refractivity contribution in [3.8, 4) is 17.6 Å². The number of carbonyl (C=O) groups excluding carboxylic acids is 5. The molecule has 14 heteroatoms. The van der Waals surface area contributed by atoms with Gasteiger partial charge in [-0.2, -0.15) is 0 Å². The second kappa shape index (κ2) is 15.9. The Labute approximate surface area is 366 Å². The highest BCUT2D eigenvalue weighted by molar-refractivity contribution is 6.33. The monoisotopic (exact) mass is 855 g/mol. The maximum Gasteiger partial charge on any atom is 0.262 e. The van der Waals surface area contributed by atoms with Crippen LogP contribution < -0.4 is 15.0 Å². The molecule has 0 radical (unpaired) electrons. The molecule has 1 N–H and O–H groups in total. The average Bonchev–Trinajstić information content (AvgIpc) is 3.69. The number of likely N-dealkylation sites (tertiary alicyclic amines) is 1. The lowest BCUT2D eigenvalue weighted by molar-refractivity contribution is -0.199. The lowest BCUT2D eigenvalue weighted by Gasteiger charge is -2.65. The van der Waals surface area contributed by atoms with Crippen molar-refractivity contribution in [2.75, 3.05) is 37.6 Å². The molecule has 2 aromatic carbocycles. The summed E-state index contributed by atoms with van der Waals surface area (Å²) in [6.45, 7) is 21.0. The number of imide groups is 2. The van der Waals surface area contributed by atoms with Crippen LogP contribution in [0.2, 0.25) is 5.02 Å². The van der Waals surface area contributed by atoms with Gasteiger partial charge in [0.25, 0.3) is 17.7 Å². The number of amides is 5. The lowest BCUT2D eigenvalue weighted by Crippen LogP contribution is -2.74. The van der Waals surface area contributed by atoms with Crippen LogP contribution in [0, 0.1) is 41.1 Å². The Morgan fingerprint density at radius 1 is 0.855 bits per heavy atom. The number of benzene rings is 2. The lowest BCUT2D eigenvalue weighted by atomic mass is 9.49. The minimum Gasteiger partial charge on any atom is -0.489 e. The Hall–Kier alpha value is -5.76. The summed E-state index contributed by atoms with van der Waals surface area (Å²) in [6, 6.07) is 13.2. The summed E-state index contributed by atoms with van der Waals surface area (Å²) in [5.41, 5.74) is 3.25. The predicted molar refractivity (Wildman–Crippen MR) is 232 cm³/mol. The number of hydrogen-bond donors (Lipinski definition) is 1. The molecule has 3 saturated heterocycles. The number of nitrogens with zero attached hydrogens (tertiary/aromatic N) is 6. The number of anilines is 1. The number of halogens is 1. The summed E-state index contributed by atoms with van der Waals surface area (Å²) in [5.74, 6) is 6.29. The topological polar surface area (TPSA) is 137 Å². The van der Waals surface area contributed by atoms with Gasteiger partial charge >= 0.3 is 0 Å². The molecule has 62 heavy (non-hydrogen) atoms. The first kappa shape index (κ1) is 41.6. The fourth-order valence-corrected chi connectivity index (χ4v) is 11.5. The van der Waals surface area contributed by atoms with Gasteiger partial charge in [0.15, 0.2) is 0 Å². The van der Waals surface area contributed by atoms with Crippen LogP contribution in [0.1, 0.15) is 109 Å². The number of hydrogen-bond acceptors (Lipinski definition) is 9. The summed E-state index contributed by atoms with van der Waals surface area (Å²) in [7, 11) is 0. The first-order valence-electron chi connectivity index (χ1n) is 21.6. The van der Waals surface area contributed by atoms with Crippen molar-refractivity contribution in [3.05, 3.63) is 93.0 Å². The number of fused-ring (bicyclic) bond motifs is 2. The molecule has 5 aliphatic heterocycles. The second-order valence-corrected chi connectivity index (χ2v) is 19.3. The van der Waals surface area contributed by atoms with Crippen LogP contribution in [-0.4, -0.2) is 100 Å². The standard InChI is InChI=1S/C48H50ClN7O6/c1-47(2)45(48(3,4)46(47)62-32-10-13-37(50-5)36(49)25-32)55-27-38-34(42(55)59)11-8-30(51-38)7-6-28-16-20-53(21-17-28)26-29-18-22-54(23-19-29)31-9-12-33-35(24-31)44(61)56(43(33)60)39-14-15-40(57)52-41(39)58/h8-13,24-25,28-29,39,45-46H,14-23,26-27H2,1-4H3,(H,52,57,58). The minimum absolute atomic E-state index is 0.0170. The number of carbonyl (C=O) groups is 5. The smallest absolute Gasteiger partial charge is 0.262 e. The van der Waals surface area contributed by atoms with E-state index in [0.717, 1.165) is 74.7 Å². The van der Waals surface area contributed by atoms with Crippen LogP contribution >= 0.6 is 11.6 Å². The number of ether oxygens (including phenoxy) is 1. The van der Waals surface area contributed by atoms with E-state index in [1.165, 1.54) is 0 Å². The van der Waals surface area contributed by atoms with E-state index in [2.05, 4.69) is 59.5 Å². The third-order valence-corrected chi connectivity index (χ3v) is 14.4. The predicted octanol–water partition coefficient (Wildman–Crippen LogP) is 6.51. The molecule has 1 atom stereocenters. The Balaban J connectivity index is 0.749. The van der Waals surface area contributed by atoms with E-state index in [-0.39, 0.29) is 47.6 Å². The molecule has 320 valence electrons. The van der Waals surface area contributed by atoms with Crippen molar-refractivity contribution in [1.29, 1.82) is 0 Å². The van der Waals surface area contributed by atoms with E-state index in [1.54, 1.807) is 30.3 Å². The SMILES string of the molecule is [C-]#[N+]c1ccc(OC2C(C)(C)C(N3Cc4nc(C#CC5CCN(CC6CCN(c7ccc8c(c7)C(=O)N(C7CCC(=O)NC7=O)C8=O)CC6)CC5)ccc4C3=O)C2(C)C)cc1Cl. The molecule has 4 fully saturated rings. The largest absolute Gasteiger partial charge is 0.489 e. The summed E-state index contributed by atoms with van der Waals surface area (Å²) >= 11 is 6.30. The highest BCUT2D eigenvalue weighted by atomic mass is 35.5. The zero-order chi connectivity index (χ0) is 43.7. The molecule has 3 aromatic rings. The van der Waals surface area contributed by atoms with E-state index < -0.39 is 29.7 Å². The molecule has 1 aromatic heterocycles. The third-order valence-electron chi connectivity index (χ3n) is 14.1. The van der Waals surface area contributed by atoms with Crippen LogP contribution in [0.5, 0.6) is 5.75 Å². The Kier molecular flexibility index (Phi) is 10.6. The van der Waals surface area contributed by atoms with Crippen LogP contribution in [-0.2, 0) is 16.1 Å². The molecule has 1 unspecified atom stereocenters. The highest BCUT2D eigenvalue weighted by Gasteiger charge is 2.67. The van der Waals surface area contributed by atoms with Gasteiger partial charge in [-0.1, -0.05) is 51.3 Å². The van der Waals surface area contributed by atoms with E-state index in [9.17, 15) is 24.0 Å². The average molecular weight is 856 g/mol. The van der Waals surface area contributed by atoms with E-state index >= 15 is 0 Å². The molecular weight excluding hydrogens is 806 g/mol. The van der Waals surface area contributed by atoms with Gasteiger partial charge in [0, 0.05) is 54.5 Å². The number of pyridine rings is 1. The summed E-state index contributed by atoms with van der Waals surface area (Å²) in [4.78, 5) is 80.5. The quantitative estimate of drug-likeness (QED) is 0.160. The zero-order valence-corrected chi connectivity index (χ0v) is 36.3. The molecular formula is C48H50ClN7O6. The number of piperidine rings is 3. The van der Waals surface area contributed by atoms with E-state index in [1.807, 2.05) is 23.1 Å². The minimum atomic E-state index is -0.973. The fourth-order valence-electron chi connectivity index (χ4n) is 11.3. The second-order valence-electron chi connectivity index (χ2n) is 18.8. The van der Waals surface area contributed by atoms with Gasteiger partial charge in [-0.3, -0.25) is 34.2 Å². The maximum atomic E-state index is 13.8. The van der Waals surface area contributed by atoms with Crippen molar-refractivity contribution in [2.45, 2.75) is 91.0 Å². The molecule has 0 bridgehead atoms. The van der Waals surface area contributed by atoms with Crippen molar-refractivity contribution in [3.63, 3.8) is 0 Å². The highest BCUT2D eigenvalue weighted by Crippen LogP contribution is 2.59. The van der Waals surface area contributed by atoms with Gasteiger partial charge in [-0.25, -0.2) is 9.83 Å². The molecule has 0 spiro atoms. The molecule has 6 heterocycles. The molecule has 13 nitrogen and oxygen atoms in total.